The second-order valence-electron chi connectivity index (χ2n) is 14.9. The molecule has 52 heavy (non-hydrogen) atoms. The van der Waals surface area contributed by atoms with E-state index in [-0.39, 0.29) is 42.7 Å². The molecule has 0 aliphatic carbocycles. The molecule has 0 aliphatic heterocycles. The Bertz CT molecular complexity index is 995. The van der Waals surface area contributed by atoms with Gasteiger partial charge in [-0.25, -0.2) is 0 Å². The molecule has 0 N–H and O–H groups in total. The van der Waals surface area contributed by atoms with Crippen LogP contribution in [0.15, 0.2) is 48.6 Å². The number of carboxylic acids is 1. The summed E-state index contributed by atoms with van der Waals surface area (Å²) in [7, 11) is 5.38. The molecule has 8 heteroatoms. The summed E-state index contributed by atoms with van der Waals surface area (Å²) in [5.41, 5.74) is 0. The van der Waals surface area contributed by atoms with Gasteiger partial charge < -0.3 is 28.6 Å². The Labute approximate surface area is 318 Å². The maximum absolute atomic E-state index is 12.6. The van der Waals surface area contributed by atoms with Crippen molar-refractivity contribution in [1.82, 2.24) is 0 Å². The molecule has 0 saturated carbocycles. The van der Waals surface area contributed by atoms with E-state index in [9.17, 15) is 19.5 Å². The van der Waals surface area contributed by atoms with E-state index < -0.39 is 18.1 Å². The van der Waals surface area contributed by atoms with E-state index in [1.54, 1.807) is 21.1 Å². The molecule has 0 rings (SSSR count). The van der Waals surface area contributed by atoms with Gasteiger partial charge in [0, 0.05) is 19.3 Å². The fraction of sp³-hybridized carbons (Fsp3) is 0.750. The van der Waals surface area contributed by atoms with E-state index in [1.807, 2.05) is 0 Å². The smallest absolute Gasteiger partial charge is 0.306 e. The van der Waals surface area contributed by atoms with Crippen LogP contribution in [0.3, 0.4) is 0 Å². The van der Waals surface area contributed by atoms with Crippen LogP contribution in [0.5, 0.6) is 0 Å². The largest absolute Gasteiger partial charge is 0.544 e. The highest BCUT2D eigenvalue weighted by molar-refractivity contribution is 5.70. The Kier molecular flexibility index (Phi) is 33.5. The van der Waals surface area contributed by atoms with Gasteiger partial charge in [0.05, 0.1) is 40.3 Å². The predicted octanol–water partition coefficient (Wildman–Crippen LogP) is 9.52. The van der Waals surface area contributed by atoms with Crippen molar-refractivity contribution in [3.05, 3.63) is 48.6 Å². The summed E-state index contributed by atoms with van der Waals surface area (Å²) in [4.78, 5) is 36.7. The molecule has 2 unspecified atom stereocenters. The zero-order valence-corrected chi connectivity index (χ0v) is 34.0. The predicted molar refractivity (Wildman–Crippen MR) is 213 cm³/mol. The Morgan fingerprint density at radius 2 is 1.13 bits per heavy atom. The van der Waals surface area contributed by atoms with E-state index in [0.29, 0.717) is 12.8 Å². The minimum absolute atomic E-state index is 0.0253. The lowest BCUT2D eigenvalue weighted by molar-refractivity contribution is -0.889. The highest BCUT2D eigenvalue weighted by atomic mass is 16.6. The molecule has 0 spiro atoms. The average Bonchev–Trinajstić information content (AvgIpc) is 3.09. The molecule has 300 valence electrons. The number of carbonyl (C=O) groups is 3. The normalized spacial score (nSPS) is 13.5. The number of carboxylic acid groups (broad SMARTS) is 1. The zero-order valence-electron chi connectivity index (χ0n) is 34.0. The molecular formula is C44H77NO7. The van der Waals surface area contributed by atoms with Crippen LogP contribution in [0.1, 0.15) is 162 Å². The number of nitrogens with zero attached hydrogens (tertiary/aromatic N) is 1. The summed E-state index contributed by atoms with van der Waals surface area (Å²) in [6, 6.07) is -0.732. The zero-order chi connectivity index (χ0) is 38.5. The molecule has 0 radical (unpaired) electrons. The summed E-state index contributed by atoms with van der Waals surface area (Å²) < 4.78 is 17.1. The maximum Gasteiger partial charge on any atom is 0.306 e. The highest BCUT2D eigenvalue weighted by Crippen LogP contribution is 2.12. The number of hydrogen-bond acceptors (Lipinski definition) is 7. The van der Waals surface area contributed by atoms with Crippen molar-refractivity contribution in [2.45, 2.75) is 174 Å². The van der Waals surface area contributed by atoms with E-state index in [4.69, 9.17) is 14.2 Å². The first kappa shape index (κ1) is 49.3. The van der Waals surface area contributed by atoms with Crippen LogP contribution in [-0.4, -0.2) is 75.5 Å². The number of likely N-dealkylation sites (N-methyl/N-ethyl adjacent to an activating group) is 1. The molecule has 2 atom stereocenters. The maximum atomic E-state index is 12.6. The lowest BCUT2D eigenvalue weighted by Gasteiger charge is -2.34. The van der Waals surface area contributed by atoms with E-state index in [1.165, 1.54) is 44.9 Å². The van der Waals surface area contributed by atoms with Crippen LogP contribution in [0, 0.1) is 0 Å². The number of unbranched alkanes of at least 4 members (excludes halogenated alkanes) is 15. The molecule has 8 nitrogen and oxygen atoms in total. The lowest BCUT2D eigenvalue weighted by atomic mass is 10.1. The third-order valence-corrected chi connectivity index (χ3v) is 8.98. The van der Waals surface area contributed by atoms with Crippen molar-refractivity contribution < 1.29 is 38.2 Å². The van der Waals surface area contributed by atoms with Crippen LogP contribution >= 0.6 is 0 Å². The van der Waals surface area contributed by atoms with Crippen molar-refractivity contribution in [3.8, 4) is 0 Å². The van der Waals surface area contributed by atoms with E-state index in [2.05, 4.69) is 62.5 Å². The van der Waals surface area contributed by atoms with Crippen LogP contribution in [-0.2, 0) is 28.6 Å². The van der Waals surface area contributed by atoms with Crippen LogP contribution in [0.2, 0.25) is 0 Å². The van der Waals surface area contributed by atoms with E-state index in [0.717, 1.165) is 83.5 Å². The minimum atomic E-state index is -1.13. The molecule has 0 aromatic rings. The Balaban J connectivity index is 4.44. The third-order valence-electron chi connectivity index (χ3n) is 8.98. The number of aliphatic carboxylic acids is 1. The van der Waals surface area contributed by atoms with Gasteiger partial charge in [-0.15, -0.1) is 0 Å². The van der Waals surface area contributed by atoms with Crippen LogP contribution in [0.25, 0.3) is 0 Å². The van der Waals surface area contributed by atoms with Crippen molar-refractivity contribution >= 4 is 17.9 Å². The van der Waals surface area contributed by atoms with Gasteiger partial charge in [0.2, 0.25) is 0 Å². The van der Waals surface area contributed by atoms with Crippen molar-refractivity contribution in [3.63, 3.8) is 0 Å². The number of quaternary nitrogens is 1. The van der Waals surface area contributed by atoms with Gasteiger partial charge in [-0.3, -0.25) is 9.59 Å². The topological polar surface area (TPSA) is 102 Å². The second kappa shape index (κ2) is 35.3. The average molecular weight is 732 g/mol. The SMILES string of the molecule is CC/C=C/C/C=C/CCCCCCCC(=O)OC(COCCC(C(=O)[O-])[N+](C)(C)C)COC(=O)CCCCC/C=C/C=C/CCCCCCCCC. The van der Waals surface area contributed by atoms with E-state index >= 15 is 0 Å². The first-order chi connectivity index (χ1) is 25.1. The van der Waals surface area contributed by atoms with Gasteiger partial charge in [-0.05, 0) is 64.2 Å². The first-order valence-corrected chi connectivity index (χ1v) is 20.7. The van der Waals surface area contributed by atoms with Crippen molar-refractivity contribution in [2.75, 3.05) is 41.0 Å². The standard InChI is InChI=1S/C44H77NO7/c1-6-8-10-12-14-16-18-20-21-22-23-25-26-28-30-32-34-42(46)51-39-40(38-50-37-36-41(44(48)49)45(3,4)5)52-43(47)35-33-31-29-27-24-19-17-15-13-11-9-7-2/h9,11,15,17,21-23,25,40-41H,6-8,10,12-14,16,18-20,24,26-39H2,1-5H3/b11-9+,17-15+,22-21+,25-23+. The summed E-state index contributed by atoms with van der Waals surface area (Å²) in [6.07, 6.45) is 39.9. The fourth-order valence-corrected chi connectivity index (χ4v) is 5.74. The molecule has 0 bridgehead atoms. The summed E-state index contributed by atoms with van der Waals surface area (Å²) in [5.74, 6) is -1.79. The fourth-order valence-electron chi connectivity index (χ4n) is 5.74. The molecular weight excluding hydrogens is 654 g/mol. The van der Waals surface area contributed by atoms with Gasteiger partial charge in [0.1, 0.15) is 12.6 Å². The molecule has 0 heterocycles. The molecule has 0 amide bonds. The molecule has 0 aromatic heterocycles. The Morgan fingerprint density at radius 1 is 0.615 bits per heavy atom. The highest BCUT2D eigenvalue weighted by Gasteiger charge is 2.25. The van der Waals surface area contributed by atoms with Gasteiger partial charge >= 0.3 is 11.9 Å². The second-order valence-corrected chi connectivity index (χ2v) is 14.9. The molecule has 0 saturated heterocycles. The van der Waals surface area contributed by atoms with Gasteiger partial charge in [0.15, 0.2) is 6.10 Å². The van der Waals surface area contributed by atoms with Crippen LogP contribution < -0.4 is 5.11 Å². The van der Waals surface area contributed by atoms with Gasteiger partial charge in [-0.1, -0.05) is 127 Å². The van der Waals surface area contributed by atoms with Gasteiger partial charge in [0.25, 0.3) is 0 Å². The number of allylic oxidation sites excluding steroid dienone is 8. The number of ether oxygens (including phenoxy) is 3. The Morgan fingerprint density at radius 3 is 1.71 bits per heavy atom. The number of carbonyl (C=O) groups excluding carboxylic acids is 3. The lowest BCUT2D eigenvalue weighted by Crippen LogP contribution is -2.55. The molecule has 0 aliphatic rings. The molecule has 0 fully saturated rings. The summed E-state index contributed by atoms with van der Waals surface area (Å²) in [6.45, 7) is 4.49. The van der Waals surface area contributed by atoms with Crippen molar-refractivity contribution in [1.29, 1.82) is 0 Å². The monoisotopic (exact) mass is 732 g/mol. The Hall–Kier alpha value is -2.71. The summed E-state index contributed by atoms with van der Waals surface area (Å²) >= 11 is 0. The number of esters is 2. The first-order valence-electron chi connectivity index (χ1n) is 20.7. The van der Waals surface area contributed by atoms with Crippen LogP contribution in [0.4, 0.5) is 0 Å². The third kappa shape index (κ3) is 33.1. The van der Waals surface area contributed by atoms with Gasteiger partial charge in [-0.2, -0.15) is 0 Å². The number of hydrogen-bond donors (Lipinski definition) is 0. The molecule has 0 aromatic carbocycles. The number of rotatable bonds is 36. The van der Waals surface area contributed by atoms with Crippen molar-refractivity contribution in [2.24, 2.45) is 0 Å². The summed E-state index contributed by atoms with van der Waals surface area (Å²) in [5, 5.41) is 11.6. The quantitative estimate of drug-likeness (QED) is 0.0208. The minimum Gasteiger partial charge on any atom is -0.544 e.